The topological polar surface area (TPSA) is 95.9 Å². The summed E-state index contributed by atoms with van der Waals surface area (Å²) in [6.45, 7) is 4.81. The zero-order valence-electron chi connectivity index (χ0n) is 41.5. The van der Waals surface area contributed by atoms with Crippen LogP contribution in [0.2, 0.25) is 0 Å². The van der Waals surface area contributed by atoms with Crippen LogP contribution in [0.5, 0.6) is 0 Å². The van der Waals surface area contributed by atoms with E-state index < -0.39 is 12.1 Å². The number of unbranched alkanes of at least 4 members (excludes halogenated alkanes) is 31. The van der Waals surface area contributed by atoms with Gasteiger partial charge in [-0.3, -0.25) is 9.59 Å². The van der Waals surface area contributed by atoms with Crippen LogP contribution < -0.4 is 5.32 Å². The van der Waals surface area contributed by atoms with Gasteiger partial charge in [-0.2, -0.15) is 0 Å². The molecule has 3 N–H and O–H groups in total. The Balaban J connectivity index is 3.57. The second kappa shape index (κ2) is 52.2. The molecule has 2 unspecified atom stereocenters. The molecule has 0 aliphatic carbocycles. The minimum absolute atomic E-state index is 0.0373. The number of hydrogen-bond donors (Lipinski definition) is 3. The molecule has 0 saturated heterocycles. The molecule has 0 aromatic heterocycles. The first-order chi connectivity index (χ1) is 31.0. The number of aliphatic hydroxyl groups is 2. The van der Waals surface area contributed by atoms with E-state index in [1.165, 1.54) is 148 Å². The van der Waals surface area contributed by atoms with Crippen molar-refractivity contribution in [3.8, 4) is 0 Å². The molecule has 0 bridgehead atoms. The summed E-state index contributed by atoms with van der Waals surface area (Å²) in [5, 5.41) is 23.1. The maximum Gasteiger partial charge on any atom is 0.305 e. The molecule has 0 aromatic rings. The Bertz CT molecular complexity index is 1110. The van der Waals surface area contributed by atoms with E-state index in [0.29, 0.717) is 19.4 Å². The van der Waals surface area contributed by atoms with Gasteiger partial charge in [0, 0.05) is 12.8 Å². The van der Waals surface area contributed by atoms with Crippen LogP contribution in [0.15, 0.2) is 60.8 Å². The van der Waals surface area contributed by atoms with Gasteiger partial charge in [0.25, 0.3) is 0 Å². The van der Waals surface area contributed by atoms with Gasteiger partial charge in [0.05, 0.1) is 25.4 Å². The first-order valence-corrected chi connectivity index (χ1v) is 27.1. The fraction of sp³-hybridized carbons (Fsp3) is 0.789. The summed E-state index contributed by atoms with van der Waals surface area (Å²) in [4.78, 5) is 24.5. The van der Waals surface area contributed by atoms with Crippen molar-refractivity contribution in [1.82, 2.24) is 5.32 Å². The smallest absolute Gasteiger partial charge is 0.305 e. The average molecular weight is 882 g/mol. The molecule has 0 heterocycles. The third-order valence-corrected chi connectivity index (χ3v) is 12.0. The van der Waals surface area contributed by atoms with E-state index in [1.807, 2.05) is 6.08 Å². The molecule has 1 amide bonds. The van der Waals surface area contributed by atoms with E-state index >= 15 is 0 Å². The summed E-state index contributed by atoms with van der Waals surface area (Å²) in [7, 11) is 0. The largest absolute Gasteiger partial charge is 0.466 e. The fourth-order valence-electron chi connectivity index (χ4n) is 7.83. The number of hydrogen-bond acceptors (Lipinski definition) is 5. The van der Waals surface area contributed by atoms with Gasteiger partial charge in [0.2, 0.25) is 5.91 Å². The summed E-state index contributed by atoms with van der Waals surface area (Å²) >= 11 is 0. The summed E-state index contributed by atoms with van der Waals surface area (Å²) in [5.74, 6) is -0.130. The second-order valence-electron chi connectivity index (χ2n) is 18.2. The maximum absolute atomic E-state index is 12.4. The molecule has 6 nitrogen and oxygen atoms in total. The zero-order valence-corrected chi connectivity index (χ0v) is 41.5. The lowest BCUT2D eigenvalue weighted by Crippen LogP contribution is -2.45. The van der Waals surface area contributed by atoms with Crippen molar-refractivity contribution in [3.63, 3.8) is 0 Å². The molecule has 6 heteroatoms. The van der Waals surface area contributed by atoms with Crippen LogP contribution in [-0.2, 0) is 14.3 Å². The standard InChI is InChI=1S/C57H103NO5/c1-3-5-7-9-11-13-15-17-19-23-27-31-35-39-43-47-51-57(62)63-52-48-44-40-36-32-28-24-20-22-26-30-34-38-42-46-50-56(61)58-54(53-59)55(60)49-45-41-37-33-29-25-21-18-16-14-12-10-8-6-4-2/h13,15,19-20,23-24,28,32,45,49,54-55,59-60H,3-12,14,16-18,21-22,25-27,29-31,33-44,46-48,50-53H2,1-2H3,(H,58,61)/b15-13-,23-19-,24-20-,32-28-,49-45+. The molecule has 366 valence electrons. The van der Waals surface area contributed by atoms with Crippen LogP contribution >= 0.6 is 0 Å². The molecule has 0 radical (unpaired) electrons. The molecule has 0 spiro atoms. The molecule has 0 aliphatic heterocycles. The number of carbonyl (C=O) groups is 2. The average Bonchev–Trinajstić information content (AvgIpc) is 3.28. The van der Waals surface area contributed by atoms with Gasteiger partial charge in [0.15, 0.2) is 0 Å². The van der Waals surface area contributed by atoms with Gasteiger partial charge in [-0.25, -0.2) is 0 Å². The number of aliphatic hydroxyl groups excluding tert-OH is 2. The van der Waals surface area contributed by atoms with Gasteiger partial charge in [-0.1, -0.05) is 216 Å². The van der Waals surface area contributed by atoms with E-state index in [0.717, 1.165) is 89.9 Å². The van der Waals surface area contributed by atoms with Gasteiger partial charge < -0.3 is 20.3 Å². The summed E-state index contributed by atoms with van der Waals surface area (Å²) in [5.41, 5.74) is 0. The minimum Gasteiger partial charge on any atom is -0.466 e. The van der Waals surface area contributed by atoms with Crippen molar-refractivity contribution >= 4 is 11.9 Å². The Morgan fingerprint density at radius 3 is 1.32 bits per heavy atom. The van der Waals surface area contributed by atoms with E-state index in [4.69, 9.17) is 4.74 Å². The second-order valence-corrected chi connectivity index (χ2v) is 18.2. The number of nitrogens with one attached hydrogen (secondary N) is 1. The van der Waals surface area contributed by atoms with Crippen LogP contribution in [-0.4, -0.2) is 47.4 Å². The van der Waals surface area contributed by atoms with Crippen molar-refractivity contribution in [1.29, 1.82) is 0 Å². The maximum atomic E-state index is 12.4. The number of ether oxygens (including phenoxy) is 1. The third-order valence-electron chi connectivity index (χ3n) is 12.0. The molecule has 0 saturated carbocycles. The Labute approximate surface area is 390 Å². The number of esters is 1. The Kier molecular flexibility index (Phi) is 50.2. The number of amides is 1. The predicted octanol–water partition coefficient (Wildman–Crippen LogP) is 16.4. The molecule has 2 atom stereocenters. The highest BCUT2D eigenvalue weighted by Gasteiger charge is 2.18. The molecule has 0 rings (SSSR count). The van der Waals surface area contributed by atoms with Crippen molar-refractivity contribution in [2.45, 2.75) is 276 Å². The Morgan fingerprint density at radius 1 is 0.460 bits per heavy atom. The minimum atomic E-state index is -0.860. The van der Waals surface area contributed by atoms with Crippen LogP contribution in [0.1, 0.15) is 264 Å². The van der Waals surface area contributed by atoms with Crippen LogP contribution in [0, 0.1) is 0 Å². The predicted molar refractivity (Wildman–Crippen MR) is 273 cm³/mol. The quantitative estimate of drug-likeness (QED) is 0.0245. The van der Waals surface area contributed by atoms with E-state index in [-0.39, 0.29) is 18.5 Å². The van der Waals surface area contributed by atoms with Crippen molar-refractivity contribution < 1.29 is 24.5 Å². The highest BCUT2D eigenvalue weighted by atomic mass is 16.5. The molecule has 63 heavy (non-hydrogen) atoms. The zero-order chi connectivity index (χ0) is 45.8. The SMILES string of the molecule is CCCCCC/C=C\C/C=C\CCCCCCCC(=O)OCCCCC/C=C\C=C/CCCCCCCCC(=O)NC(CO)C(O)/C=C/CCCCCCCCCCCCCCC. The third kappa shape index (κ3) is 48.8. The molecular weight excluding hydrogens is 779 g/mol. The number of allylic oxidation sites excluding steroid dienone is 9. The Hall–Kier alpha value is -2.44. The number of rotatable bonds is 49. The van der Waals surface area contributed by atoms with Crippen molar-refractivity contribution in [2.75, 3.05) is 13.2 Å². The lowest BCUT2D eigenvalue weighted by molar-refractivity contribution is -0.143. The van der Waals surface area contributed by atoms with E-state index in [2.05, 4.69) is 67.8 Å². The van der Waals surface area contributed by atoms with Gasteiger partial charge >= 0.3 is 5.97 Å². The summed E-state index contributed by atoms with van der Waals surface area (Å²) in [6.07, 6.45) is 66.5. The highest BCUT2D eigenvalue weighted by Crippen LogP contribution is 2.15. The molecule has 0 aromatic carbocycles. The monoisotopic (exact) mass is 882 g/mol. The lowest BCUT2D eigenvalue weighted by atomic mass is 10.0. The fourth-order valence-corrected chi connectivity index (χ4v) is 7.83. The van der Waals surface area contributed by atoms with E-state index in [9.17, 15) is 19.8 Å². The van der Waals surface area contributed by atoms with Crippen molar-refractivity contribution in [3.05, 3.63) is 60.8 Å². The summed E-state index contributed by atoms with van der Waals surface area (Å²) in [6, 6.07) is -0.646. The van der Waals surface area contributed by atoms with Gasteiger partial charge in [0.1, 0.15) is 0 Å². The first-order valence-electron chi connectivity index (χ1n) is 27.1. The van der Waals surface area contributed by atoms with Crippen molar-refractivity contribution in [2.24, 2.45) is 0 Å². The van der Waals surface area contributed by atoms with Gasteiger partial charge in [-0.05, 0) is 96.3 Å². The highest BCUT2D eigenvalue weighted by molar-refractivity contribution is 5.76. The lowest BCUT2D eigenvalue weighted by Gasteiger charge is -2.20. The molecule has 0 fully saturated rings. The normalized spacial score (nSPS) is 13.1. The van der Waals surface area contributed by atoms with Gasteiger partial charge in [-0.15, -0.1) is 0 Å². The molecule has 0 aliphatic rings. The Morgan fingerprint density at radius 2 is 0.841 bits per heavy atom. The van der Waals surface area contributed by atoms with Crippen LogP contribution in [0.3, 0.4) is 0 Å². The first kappa shape index (κ1) is 60.6. The number of carbonyl (C=O) groups excluding carboxylic acids is 2. The molecular formula is C57H103NO5. The van der Waals surface area contributed by atoms with Crippen LogP contribution in [0.25, 0.3) is 0 Å². The van der Waals surface area contributed by atoms with E-state index in [1.54, 1.807) is 6.08 Å². The van der Waals surface area contributed by atoms with Crippen LogP contribution in [0.4, 0.5) is 0 Å². The summed E-state index contributed by atoms with van der Waals surface area (Å²) < 4.78 is 5.44.